The average Bonchev–Trinajstić information content (AvgIpc) is 2.18. The molecule has 1 heterocycles. The van der Waals surface area contributed by atoms with Crippen LogP contribution < -0.4 is 9.47 Å². The highest BCUT2D eigenvalue weighted by atomic mass is 32.2. The van der Waals surface area contributed by atoms with E-state index in [1.165, 1.54) is 0 Å². The van der Waals surface area contributed by atoms with Crippen LogP contribution in [0.25, 0.3) is 0 Å². The van der Waals surface area contributed by atoms with Gasteiger partial charge < -0.3 is 9.47 Å². The number of hydrogen-bond donors (Lipinski definition) is 0. The van der Waals surface area contributed by atoms with Gasteiger partial charge in [-0.05, 0) is 6.26 Å². The lowest BCUT2D eigenvalue weighted by molar-refractivity contribution is 0.339. The fraction of sp³-hybridized carbons (Fsp3) is 0.500. The van der Waals surface area contributed by atoms with Gasteiger partial charge in [-0.3, -0.25) is 0 Å². The molecule has 0 saturated carbocycles. The summed E-state index contributed by atoms with van der Waals surface area (Å²) in [6.45, 7) is 0. The second-order valence-corrected chi connectivity index (χ2v) is 3.16. The van der Waals surface area contributed by atoms with Crippen LogP contribution in [0.1, 0.15) is 5.82 Å². The van der Waals surface area contributed by atoms with Gasteiger partial charge >= 0.3 is 0 Å². The van der Waals surface area contributed by atoms with Crippen molar-refractivity contribution in [1.29, 1.82) is 0 Å². The van der Waals surface area contributed by atoms with Crippen molar-refractivity contribution < 1.29 is 9.47 Å². The molecule has 0 spiro atoms. The molecule has 1 aromatic heterocycles. The Labute approximate surface area is 81.7 Å². The predicted octanol–water partition coefficient (Wildman–Crippen LogP) is 1.36. The molecular weight excluding hydrogens is 188 g/mol. The molecule has 0 radical (unpaired) electrons. The Morgan fingerprint density at radius 1 is 1.38 bits per heavy atom. The molecule has 0 aliphatic carbocycles. The molecule has 0 fully saturated rings. The van der Waals surface area contributed by atoms with Crippen LogP contribution in [0.15, 0.2) is 6.20 Å². The SMILES string of the molecule is COc1cnc(CSC)nc1OC. The van der Waals surface area contributed by atoms with E-state index in [1.807, 2.05) is 6.26 Å². The van der Waals surface area contributed by atoms with Gasteiger partial charge in [-0.2, -0.15) is 16.7 Å². The molecule has 0 N–H and O–H groups in total. The quantitative estimate of drug-likeness (QED) is 0.734. The summed E-state index contributed by atoms with van der Waals surface area (Å²) in [5.41, 5.74) is 0. The number of hydrogen-bond acceptors (Lipinski definition) is 5. The van der Waals surface area contributed by atoms with Crippen molar-refractivity contribution in [2.45, 2.75) is 5.75 Å². The first kappa shape index (κ1) is 10.1. The van der Waals surface area contributed by atoms with E-state index >= 15 is 0 Å². The summed E-state index contributed by atoms with van der Waals surface area (Å²) < 4.78 is 10.1. The highest BCUT2D eigenvalue weighted by molar-refractivity contribution is 7.97. The molecule has 0 saturated heterocycles. The van der Waals surface area contributed by atoms with Crippen LogP contribution in [0.3, 0.4) is 0 Å². The first-order valence-corrected chi connectivity index (χ1v) is 5.14. The van der Waals surface area contributed by atoms with E-state index in [9.17, 15) is 0 Å². The first-order chi connectivity index (χ1) is 6.31. The van der Waals surface area contributed by atoms with Crippen molar-refractivity contribution >= 4 is 11.8 Å². The van der Waals surface area contributed by atoms with Crippen molar-refractivity contribution in [2.75, 3.05) is 20.5 Å². The number of methoxy groups -OCH3 is 2. The van der Waals surface area contributed by atoms with Crippen LogP contribution in [-0.2, 0) is 5.75 Å². The van der Waals surface area contributed by atoms with E-state index < -0.39 is 0 Å². The normalized spacial score (nSPS) is 9.77. The molecule has 5 heteroatoms. The van der Waals surface area contributed by atoms with E-state index in [0.29, 0.717) is 11.6 Å². The third kappa shape index (κ3) is 2.48. The maximum atomic E-state index is 5.04. The van der Waals surface area contributed by atoms with E-state index in [4.69, 9.17) is 9.47 Å². The van der Waals surface area contributed by atoms with Gasteiger partial charge in [-0.25, -0.2) is 4.98 Å². The summed E-state index contributed by atoms with van der Waals surface area (Å²) >= 11 is 1.67. The van der Waals surface area contributed by atoms with Gasteiger partial charge in [0.25, 0.3) is 5.88 Å². The second-order valence-electron chi connectivity index (χ2n) is 2.30. The topological polar surface area (TPSA) is 44.2 Å². The summed E-state index contributed by atoms with van der Waals surface area (Å²) in [5, 5.41) is 0. The predicted molar refractivity (Wildman–Crippen MR) is 52.4 cm³/mol. The zero-order chi connectivity index (χ0) is 9.68. The summed E-state index contributed by atoms with van der Waals surface area (Å²) in [5.74, 6) is 2.58. The molecule has 0 aromatic carbocycles. The molecule has 0 aliphatic rings. The molecule has 1 aromatic rings. The van der Waals surface area contributed by atoms with E-state index in [2.05, 4.69) is 9.97 Å². The minimum absolute atomic E-state index is 0.488. The van der Waals surface area contributed by atoms with Crippen LogP contribution in [0, 0.1) is 0 Å². The Balaban J connectivity index is 2.91. The first-order valence-electron chi connectivity index (χ1n) is 3.74. The standard InChI is InChI=1S/C8H12N2O2S/c1-11-6-4-9-7(5-13-3)10-8(6)12-2/h4H,5H2,1-3H3. The Kier molecular flexibility index (Phi) is 3.82. The second kappa shape index (κ2) is 4.91. The number of rotatable bonds is 4. The lowest BCUT2D eigenvalue weighted by Crippen LogP contribution is -1.99. The lowest BCUT2D eigenvalue weighted by Gasteiger charge is -2.06. The Hall–Kier alpha value is -0.970. The van der Waals surface area contributed by atoms with Crippen molar-refractivity contribution in [3.05, 3.63) is 12.0 Å². The van der Waals surface area contributed by atoms with Gasteiger partial charge in [0, 0.05) is 0 Å². The fourth-order valence-electron chi connectivity index (χ4n) is 0.874. The minimum atomic E-state index is 0.488. The number of nitrogens with zero attached hydrogens (tertiary/aromatic N) is 2. The zero-order valence-electron chi connectivity index (χ0n) is 7.90. The molecular formula is C8H12N2O2S. The maximum absolute atomic E-state index is 5.04. The summed E-state index contributed by atoms with van der Waals surface area (Å²) in [6.07, 6.45) is 3.62. The minimum Gasteiger partial charge on any atom is -0.490 e. The van der Waals surface area contributed by atoms with Crippen molar-refractivity contribution in [3.8, 4) is 11.6 Å². The van der Waals surface area contributed by atoms with Crippen molar-refractivity contribution in [1.82, 2.24) is 9.97 Å². The smallest absolute Gasteiger partial charge is 0.260 e. The molecule has 72 valence electrons. The molecule has 0 atom stereocenters. The maximum Gasteiger partial charge on any atom is 0.260 e. The summed E-state index contributed by atoms with van der Waals surface area (Å²) in [7, 11) is 3.13. The van der Waals surface area contributed by atoms with E-state index in [-0.39, 0.29) is 0 Å². The molecule has 4 nitrogen and oxygen atoms in total. The van der Waals surface area contributed by atoms with Crippen molar-refractivity contribution in [2.24, 2.45) is 0 Å². The van der Waals surface area contributed by atoms with E-state index in [1.54, 1.807) is 32.2 Å². The Bertz CT molecular complexity index is 281. The van der Waals surface area contributed by atoms with Gasteiger partial charge in [0.2, 0.25) is 0 Å². The molecule has 0 aliphatic heterocycles. The number of aromatic nitrogens is 2. The summed E-state index contributed by atoms with van der Waals surface area (Å²) in [4.78, 5) is 8.28. The lowest BCUT2D eigenvalue weighted by atomic mass is 10.5. The third-order valence-electron chi connectivity index (χ3n) is 1.46. The van der Waals surface area contributed by atoms with E-state index in [0.717, 1.165) is 11.6 Å². The fourth-order valence-corrected chi connectivity index (χ4v) is 1.27. The van der Waals surface area contributed by atoms with Gasteiger partial charge in [-0.15, -0.1) is 0 Å². The van der Waals surface area contributed by atoms with Crippen LogP contribution in [0.5, 0.6) is 11.6 Å². The molecule has 0 amide bonds. The highest BCUT2D eigenvalue weighted by Crippen LogP contribution is 2.22. The Morgan fingerprint density at radius 2 is 2.15 bits per heavy atom. The van der Waals surface area contributed by atoms with Crippen LogP contribution in [0.2, 0.25) is 0 Å². The van der Waals surface area contributed by atoms with Gasteiger partial charge in [-0.1, -0.05) is 0 Å². The van der Waals surface area contributed by atoms with Crippen LogP contribution >= 0.6 is 11.8 Å². The number of thioether (sulfide) groups is 1. The highest BCUT2D eigenvalue weighted by Gasteiger charge is 2.06. The summed E-state index contributed by atoms with van der Waals surface area (Å²) in [6, 6.07) is 0. The molecule has 1 rings (SSSR count). The largest absolute Gasteiger partial charge is 0.490 e. The van der Waals surface area contributed by atoms with Crippen LogP contribution in [0.4, 0.5) is 0 Å². The van der Waals surface area contributed by atoms with Gasteiger partial charge in [0.1, 0.15) is 5.82 Å². The van der Waals surface area contributed by atoms with Crippen molar-refractivity contribution in [3.63, 3.8) is 0 Å². The molecule has 13 heavy (non-hydrogen) atoms. The van der Waals surface area contributed by atoms with Crippen LogP contribution in [-0.4, -0.2) is 30.4 Å². The zero-order valence-corrected chi connectivity index (χ0v) is 8.72. The van der Waals surface area contributed by atoms with Gasteiger partial charge in [0.05, 0.1) is 26.2 Å². The number of ether oxygens (including phenoxy) is 2. The third-order valence-corrected chi connectivity index (χ3v) is 2.01. The van der Waals surface area contributed by atoms with Gasteiger partial charge in [0.15, 0.2) is 5.75 Å². The Morgan fingerprint density at radius 3 is 2.69 bits per heavy atom. The monoisotopic (exact) mass is 200 g/mol. The average molecular weight is 200 g/mol. The molecule has 0 bridgehead atoms. The molecule has 0 unspecified atom stereocenters.